The van der Waals surface area contributed by atoms with Gasteiger partial charge < -0.3 is 9.84 Å². The summed E-state index contributed by atoms with van der Waals surface area (Å²) in [7, 11) is 0. The van der Waals surface area contributed by atoms with Crippen LogP contribution in [-0.4, -0.2) is 17.0 Å². The molecule has 1 atom stereocenters. The van der Waals surface area contributed by atoms with E-state index in [4.69, 9.17) is 4.74 Å². The number of carbonyl (C=O) groups excluding carboxylic acids is 2. The SMILES string of the molecule is O=C=Cc1ccc(C=CC(=O)Oc2cccc3c2[C@]2(CCc4cccc(O)c42)CC3)cc1. The van der Waals surface area contributed by atoms with Crippen LogP contribution in [0, 0.1) is 0 Å². The fraction of sp³-hybridized carbons (Fsp3) is 0.179. The van der Waals surface area contributed by atoms with Gasteiger partial charge in [-0.2, -0.15) is 0 Å². The first kappa shape index (κ1) is 20.0. The van der Waals surface area contributed by atoms with E-state index in [2.05, 4.69) is 12.1 Å². The molecule has 0 bridgehead atoms. The van der Waals surface area contributed by atoms with E-state index in [-0.39, 0.29) is 5.41 Å². The molecule has 158 valence electrons. The number of rotatable bonds is 4. The van der Waals surface area contributed by atoms with Crippen LogP contribution in [-0.2, 0) is 27.8 Å². The van der Waals surface area contributed by atoms with Crippen molar-refractivity contribution >= 4 is 24.1 Å². The lowest BCUT2D eigenvalue weighted by molar-refractivity contribution is -0.128. The van der Waals surface area contributed by atoms with Gasteiger partial charge in [0.25, 0.3) is 0 Å². The molecule has 0 radical (unpaired) electrons. The Kier molecular flexibility index (Phi) is 5.01. The Morgan fingerprint density at radius 2 is 1.56 bits per heavy atom. The number of carbonyl (C=O) groups is 1. The molecule has 0 fully saturated rings. The van der Waals surface area contributed by atoms with Crippen molar-refractivity contribution in [2.75, 3.05) is 0 Å². The summed E-state index contributed by atoms with van der Waals surface area (Å²) >= 11 is 0. The van der Waals surface area contributed by atoms with Gasteiger partial charge >= 0.3 is 5.97 Å². The van der Waals surface area contributed by atoms with Gasteiger partial charge in [0, 0.05) is 28.7 Å². The van der Waals surface area contributed by atoms with Crippen LogP contribution in [0.5, 0.6) is 11.5 Å². The average molecular weight is 422 g/mol. The van der Waals surface area contributed by atoms with E-state index in [0.717, 1.165) is 47.9 Å². The lowest BCUT2D eigenvalue weighted by Gasteiger charge is -2.28. The minimum Gasteiger partial charge on any atom is -0.508 e. The van der Waals surface area contributed by atoms with Crippen molar-refractivity contribution in [1.82, 2.24) is 0 Å². The molecule has 0 unspecified atom stereocenters. The van der Waals surface area contributed by atoms with Gasteiger partial charge in [-0.15, -0.1) is 0 Å². The summed E-state index contributed by atoms with van der Waals surface area (Å²) in [5.74, 6) is 2.19. The fourth-order valence-corrected chi connectivity index (χ4v) is 5.28. The maximum absolute atomic E-state index is 12.7. The minimum atomic E-state index is -0.451. The maximum atomic E-state index is 12.7. The Balaban J connectivity index is 1.43. The zero-order valence-corrected chi connectivity index (χ0v) is 17.5. The predicted molar refractivity (Wildman–Crippen MR) is 123 cm³/mol. The fourth-order valence-electron chi connectivity index (χ4n) is 5.28. The highest BCUT2D eigenvalue weighted by atomic mass is 16.5. The summed E-state index contributed by atoms with van der Waals surface area (Å²) in [4.78, 5) is 23.1. The molecule has 0 aromatic heterocycles. The molecule has 3 aromatic carbocycles. The molecular formula is C28H22O4. The molecule has 2 aliphatic carbocycles. The van der Waals surface area contributed by atoms with Gasteiger partial charge in [-0.1, -0.05) is 48.5 Å². The van der Waals surface area contributed by atoms with Crippen LogP contribution >= 0.6 is 0 Å². The molecule has 32 heavy (non-hydrogen) atoms. The van der Waals surface area contributed by atoms with Gasteiger partial charge in [-0.05, 0) is 66.1 Å². The Hall–Kier alpha value is -3.88. The van der Waals surface area contributed by atoms with E-state index in [0.29, 0.717) is 11.5 Å². The summed E-state index contributed by atoms with van der Waals surface area (Å²) < 4.78 is 5.82. The van der Waals surface area contributed by atoms with Crippen LogP contribution in [0.1, 0.15) is 46.2 Å². The highest BCUT2D eigenvalue weighted by molar-refractivity contribution is 5.89. The highest BCUT2D eigenvalue weighted by Gasteiger charge is 2.48. The number of hydrogen-bond donors (Lipinski definition) is 1. The second-order valence-corrected chi connectivity index (χ2v) is 8.37. The third-order valence-electron chi connectivity index (χ3n) is 6.63. The summed E-state index contributed by atoms with van der Waals surface area (Å²) in [6, 6.07) is 18.8. The van der Waals surface area contributed by atoms with Crippen molar-refractivity contribution in [3.05, 3.63) is 100 Å². The summed E-state index contributed by atoms with van der Waals surface area (Å²) in [6.07, 6.45) is 8.05. The molecule has 3 aromatic rings. The van der Waals surface area contributed by atoms with Gasteiger partial charge in [-0.25, -0.2) is 9.59 Å². The minimum absolute atomic E-state index is 0.307. The third kappa shape index (κ3) is 3.35. The first-order chi connectivity index (χ1) is 15.6. The van der Waals surface area contributed by atoms with Crippen molar-refractivity contribution in [1.29, 1.82) is 0 Å². The van der Waals surface area contributed by atoms with E-state index in [1.807, 2.05) is 30.3 Å². The maximum Gasteiger partial charge on any atom is 0.336 e. The molecule has 0 saturated heterocycles. The zero-order chi connectivity index (χ0) is 22.1. The Morgan fingerprint density at radius 1 is 0.906 bits per heavy atom. The van der Waals surface area contributed by atoms with Crippen molar-refractivity contribution in [2.45, 2.75) is 31.1 Å². The van der Waals surface area contributed by atoms with E-state index in [1.54, 1.807) is 30.2 Å². The number of ether oxygens (including phenoxy) is 1. The second-order valence-electron chi connectivity index (χ2n) is 8.37. The van der Waals surface area contributed by atoms with Crippen molar-refractivity contribution in [2.24, 2.45) is 0 Å². The lowest BCUT2D eigenvalue weighted by atomic mass is 9.76. The van der Waals surface area contributed by atoms with Crippen molar-refractivity contribution in [3.8, 4) is 11.5 Å². The first-order valence-electron chi connectivity index (χ1n) is 10.8. The Bertz CT molecular complexity index is 1280. The van der Waals surface area contributed by atoms with Crippen LogP contribution < -0.4 is 4.74 Å². The number of fused-ring (bicyclic) bond motifs is 4. The molecule has 4 nitrogen and oxygen atoms in total. The molecule has 0 amide bonds. The topological polar surface area (TPSA) is 63.6 Å². The molecule has 2 aliphatic rings. The van der Waals surface area contributed by atoms with Gasteiger partial charge in [-0.3, -0.25) is 0 Å². The Morgan fingerprint density at radius 3 is 2.28 bits per heavy atom. The largest absolute Gasteiger partial charge is 0.508 e. The van der Waals surface area contributed by atoms with Crippen LogP contribution in [0.2, 0.25) is 0 Å². The molecule has 0 heterocycles. The molecule has 1 spiro atoms. The molecule has 0 aliphatic heterocycles. The quantitative estimate of drug-likeness (QED) is 0.277. The number of phenols is 1. The standard InChI is InChI=1S/C28H22O4/c29-18-15-20-9-7-19(8-10-20)11-12-25(31)32-24-6-2-4-22-14-17-28(27(22)24)16-13-21-3-1-5-23(30)26(21)28/h1-12,15,30H,13-14,16-17H2/t28-/m1/s1. The molecule has 1 N–H and O–H groups in total. The third-order valence-corrected chi connectivity index (χ3v) is 6.63. The van der Waals surface area contributed by atoms with E-state index >= 15 is 0 Å². The van der Waals surface area contributed by atoms with Crippen LogP contribution in [0.15, 0.2) is 66.7 Å². The van der Waals surface area contributed by atoms with E-state index in [1.165, 1.54) is 23.3 Å². The average Bonchev–Trinajstić information content (AvgIpc) is 3.37. The van der Waals surface area contributed by atoms with E-state index < -0.39 is 5.97 Å². The number of hydrogen-bond acceptors (Lipinski definition) is 4. The van der Waals surface area contributed by atoms with E-state index in [9.17, 15) is 14.7 Å². The van der Waals surface area contributed by atoms with Crippen LogP contribution in [0.4, 0.5) is 0 Å². The molecule has 0 saturated carbocycles. The number of phenolic OH excluding ortho intramolecular Hbond substituents is 1. The Labute approximate surface area is 186 Å². The lowest BCUT2D eigenvalue weighted by Crippen LogP contribution is -2.23. The second kappa shape index (κ2) is 7.99. The van der Waals surface area contributed by atoms with Crippen LogP contribution in [0.25, 0.3) is 12.2 Å². The number of benzene rings is 3. The molecule has 4 heteroatoms. The zero-order valence-electron chi connectivity index (χ0n) is 17.5. The summed E-state index contributed by atoms with van der Waals surface area (Å²) in [5, 5.41) is 10.7. The van der Waals surface area contributed by atoms with Crippen molar-refractivity contribution in [3.63, 3.8) is 0 Å². The monoisotopic (exact) mass is 422 g/mol. The first-order valence-corrected chi connectivity index (χ1v) is 10.8. The smallest absolute Gasteiger partial charge is 0.336 e. The number of esters is 1. The molecule has 5 rings (SSSR count). The van der Waals surface area contributed by atoms with Gasteiger partial charge in [0.1, 0.15) is 17.4 Å². The van der Waals surface area contributed by atoms with Gasteiger partial charge in [0.05, 0.1) is 0 Å². The summed E-state index contributed by atoms with van der Waals surface area (Å²) in [5.41, 5.74) is 5.65. The molecular weight excluding hydrogens is 400 g/mol. The van der Waals surface area contributed by atoms with Crippen molar-refractivity contribution < 1.29 is 19.4 Å². The number of aromatic hydroxyl groups is 1. The summed E-state index contributed by atoms with van der Waals surface area (Å²) in [6.45, 7) is 0. The van der Waals surface area contributed by atoms with Gasteiger partial charge in [0.15, 0.2) is 0 Å². The highest BCUT2D eigenvalue weighted by Crippen LogP contribution is 2.57. The van der Waals surface area contributed by atoms with Crippen LogP contribution in [0.3, 0.4) is 0 Å². The number of aryl methyl sites for hydroxylation is 2. The van der Waals surface area contributed by atoms with Gasteiger partial charge in [0.2, 0.25) is 0 Å². The predicted octanol–water partition coefficient (Wildman–Crippen LogP) is 5.03. The normalized spacial score (nSPS) is 18.4.